The summed E-state index contributed by atoms with van der Waals surface area (Å²) in [7, 11) is 2.19. The van der Waals surface area contributed by atoms with Gasteiger partial charge in [0.15, 0.2) is 5.82 Å². The minimum absolute atomic E-state index is 0.389. The van der Waals surface area contributed by atoms with Crippen LogP contribution in [0.15, 0.2) is 60.5 Å². The zero-order chi connectivity index (χ0) is 17.5. The maximum atomic E-state index is 4.29. The lowest BCUT2D eigenvalue weighted by Gasteiger charge is -2.33. The molecule has 3 heterocycles. The smallest absolute Gasteiger partial charge is 0.162 e. The molecular weight excluding hydrogens is 340 g/mol. The topological polar surface area (TPSA) is 41.9 Å². The van der Waals surface area contributed by atoms with Gasteiger partial charge in [-0.1, -0.05) is 18.2 Å². The van der Waals surface area contributed by atoms with E-state index in [4.69, 9.17) is 0 Å². The quantitative estimate of drug-likeness (QED) is 0.535. The molecule has 1 aliphatic heterocycles. The Morgan fingerprint density at radius 3 is 2.81 bits per heavy atom. The minimum atomic E-state index is 0.389. The summed E-state index contributed by atoms with van der Waals surface area (Å²) in [6, 6.07) is 15.7. The molecule has 2 aromatic carbocycles. The Hall–Kier alpha value is -2.63. The molecule has 5 rings (SSSR count). The lowest BCUT2D eigenvalue weighted by atomic mass is 9.84. The summed E-state index contributed by atoms with van der Waals surface area (Å²) in [5.74, 6) is 1.12. The maximum absolute atomic E-state index is 4.29. The summed E-state index contributed by atoms with van der Waals surface area (Å²) in [6.45, 7) is 1.99. The van der Waals surface area contributed by atoms with Crippen LogP contribution >= 0.6 is 11.3 Å². The van der Waals surface area contributed by atoms with Gasteiger partial charge in [-0.25, -0.2) is 15.0 Å². The van der Waals surface area contributed by atoms with Gasteiger partial charge in [0.25, 0.3) is 0 Å². The summed E-state index contributed by atoms with van der Waals surface area (Å²) in [5, 5.41) is 3.50. The van der Waals surface area contributed by atoms with Crippen molar-refractivity contribution in [1.29, 1.82) is 0 Å². The van der Waals surface area contributed by atoms with E-state index in [0.29, 0.717) is 5.92 Å². The van der Waals surface area contributed by atoms with Crippen molar-refractivity contribution < 1.29 is 0 Å². The molecule has 0 fully saturated rings. The van der Waals surface area contributed by atoms with Gasteiger partial charge in [0.2, 0.25) is 0 Å². The molecule has 0 saturated heterocycles. The number of hydrogen-bond acceptors (Lipinski definition) is 5. The van der Waals surface area contributed by atoms with Crippen molar-refractivity contribution >= 4 is 21.4 Å². The first-order chi connectivity index (χ1) is 12.8. The number of benzene rings is 2. The van der Waals surface area contributed by atoms with Crippen LogP contribution in [-0.4, -0.2) is 33.4 Å². The molecule has 0 radical (unpaired) electrons. The van der Waals surface area contributed by atoms with Crippen LogP contribution in [0.1, 0.15) is 22.6 Å². The SMILES string of the molecule is CN1Cc2cc(-c3ncncn3)ccc2C(c2ccc3sccc3c2)C1. The van der Waals surface area contributed by atoms with E-state index in [1.807, 2.05) is 0 Å². The Morgan fingerprint density at radius 2 is 1.92 bits per heavy atom. The number of rotatable bonds is 2. The molecule has 0 bridgehead atoms. The normalized spacial score (nSPS) is 17.3. The van der Waals surface area contributed by atoms with Crippen molar-refractivity contribution in [1.82, 2.24) is 19.9 Å². The fourth-order valence-corrected chi connectivity index (χ4v) is 4.63. The molecule has 1 unspecified atom stereocenters. The zero-order valence-electron chi connectivity index (χ0n) is 14.5. The molecule has 0 aliphatic carbocycles. The van der Waals surface area contributed by atoms with E-state index in [2.05, 4.69) is 74.7 Å². The van der Waals surface area contributed by atoms with Crippen molar-refractivity contribution in [3.63, 3.8) is 0 Å². The van der Waals surface area contributed by atoms with Crippen LogP contribution in [0.5, 0.6) is 0 Å². The largest absolute Gasteiger partial charge is 0.301 e. The summed E-state index contributed by atoms with van der Waals surface area (Å²) in [4.78, 5) is 14.9. The molecule has 1 atom stereocenters. The van der Waals surface area contributed by atoms with E-state index in [9.17, 15) is 0 Å². The third-order valence-electron chi connectivity index (χ3n) is 5.08. The molecule has 1 aliphatic rings. The van der Waals surface area contributed by atoms with Crippen LogP contribution in [0.3, 0.4) is 0 Å². The predicted octanol–water partition coefficient (Wildman–Crippen LogP) is 4.33. The van der Waals surface area contributed by atoms with E-state index >= 15 is 0 Å². The minimum Gasteiger partial charge on any atom is -0.301 e. The third kappa shape index (κ3) is 2.69. The van der Waals surface area contributed by atoms with Gasteiger partial charge in [0.1, 0.15) is 12.7 Å². The van der Waals surface area contributed by atoms with Gasteiger partial charge in [0, 0.05) is 29.3 Å². The Bertz CT molecular complexity index is 1070. The third-order valence-corrected chi connectivity index (χ3v) is 5.98. The first-order valence-corrected chi connectivity index (χ1v) is 9.57. The number of aromatic nitrogens is 3. The van der Waals surface area contributed by atoms with Gasteiger partial charge in [0.05, 0.1) is 0 Å². The van der Waals surface area contributed by atoms with Gasteiger partial charge >= 0.3 is 0 Å². The second-order valence-electron chi connectivity index (χ2n) is 6.84. The van der Waals surface area contributed by atoms with Gasteiger partial charge < -0.3 is 4.90 Å². The second kappa shape index (κ2) is 6.27. The fourth-order valence-electron chi connectivity index (χ4n) is 3.86. The zero-order valence-corrected chi connectivity index (χ0v) is 15.3. The summed E-state index contributed by atoms with van der Waals surface area (Å²) >= 11 is 1.80. The van der Waals surface area contributed by atoms with Crippen LogP contribution in [0, 0.1) is 0 Å². The monoisotopic (exact) mass is 358 g/mol. The molecule has 128 valence electrons. The molecule has 0 N–H and O–H groups in total. The molecule has 4 aromatic rings. The van der Waals surface area contributed by atoms with Gasteiger partial charge in [-0.2, -0.15) is 0 Å². The highest BCUT2D eigenvalue weighted by atomic mass is 32.1. The lowest BCUT2D eigenvalue weighted by molar-refractivity contribution is 0.295. The molecule has 5 heteroatoms. The standard InChI is InChI=1S/C21H18N4S/c1-25-10-17-9-16(21-23-12-22-13-24-21)2-4-18(17)19(11-25)14-3-5-20-15(8-14)6-7-26-20/h2-9,12-13,19H,10-11H2,1H3. The molecule has 0 spiro atoms. The first kappa shape index (κ1) is 15.6. The van der Waals surface area contributed by atoms with Gasteiger partial charge in [-0.3, -0.25) is 0 Å². The number of likely N-dealkylation sites (N-methyl/N-ethyl adjacent to an activating group) is 1. The first-order valence-electron chi connectivity index (χ1n) is 8.69. The van der Waals surface area contributed by atoms with Gasteiger partial charge in [-0.15, -0.1) is 11.3 Å². The Balaban J connectivity index is 1.59. The van der Waals surface area contributed by atoms with Crippen molar-refractivity contribution in [2.24, 2.45) is 0 Å². The van der Waals surface area contributed by atoms with Crippen LogP contribution in [-0.2, 0) is 6.54 Å². The van der Waals surface area contributed by atoms with E-state index < -0.39 is 0 Å². The van der Waals surface area contributed by atoms with E-state index in [0.717, 1.165) is 24.5 Å². The number of fused-ring (bicyclic) bond motifs is 2. The van der Waals surface area contributed by atoms with Crippen molar-refractivity contribution in [3.05, 3.63) is 77.2 Å². The van der Waals surface area contributed by atoms with Crippen LogP contribution < -0.4 is 0 Å². The summed E-state index contributed by atoms with van der Waals surface area (Å²) < 4.78 is 1.35. The summed E-state index contributed by atoms with van der Waals surface area (Å²) in [5.41, 5.74) is 5.20. The Kier molecular flexibility index (Phi) is 3.76. The molecule has 26 heavy (non-hydrogen) atoms. The fraction of sp³-hybridized carbons (Fsp3) is 0.190. The van der Waals surface area contributed by atoms with Crippen LogP contribution in [0.25, 0.3) is 21.5 Å². The average Bonchev–Trinajstić information content (AvgIpc) is 3.15. The van der Waals surface area contributed by atoms with Crippen molar-refractivity contribution in [2.45, 2.75) is 12.5 Å². The molecular formula is C21H18N4S. The predicted molar refractivity (Wildman–Crippen MR) is 105 cm³/mol. The van der Waals surface area contributed by atoms with Crippen LogP contribution in [0.2, 0.25) is 0 Å². The lowest BCUT2D eigenvalue weighted by Crippen LogP contribution is -2.31. The Labute approximate surface area is 156 Å². The van der Waals surface area contributed by atoms with E-state index in [1.165, 1.54) is 26.8 Å². The Morgan fingerprint density at radius 1 is 1.04 bits per heavy atom. The van der Waals surface area contributed by atoms with Crippen molar-refractivity contribution in [2.75, 3.05) is 13.6 Å². The van der Waals surface area contributed by atoms with E-state index in [1.54, 1.807) is 24.0 Å². The average molecular weight is 358 g/mol. The maximum Gasteiger partial charge on any atom is 0.162 e. The second-order valence-corrected chi connectivity index (χ2v) is 7.79. The van der Waals surface area contributed by atoms with E-state index in [-0.39, 0.29) is 0 Å². The molecule has 0 saturated carbocycles. The highest BCUT2D eigenvalue weighted by Crippen LogP contribution is 2.36. The highest BCUT2D eigenvalue weighted by Gasteiger charge is 2.25. The molecule has 0 amide bonds. The molecule has 4 nitrogen and oxygen atoms in total. The number of hydrogen-bond donors (Lipinski definition) is 0. The molecule has 2 aromatic heterocycles. The van der Waals surface area contributed by atoms with Gasteiger partial charge in [-0.05, 0) is 58.8 Å². The van der Waals surface area contributed by atoms with Crippen LogP contribution in [0.4, 0.5) is 0 Å². The highest BCUT2D eigenvalue weighted by molar-refractivity contribution is 7.17. The summed E-state index contributed by atoms with van der Waals surface area (Å²) in [6.07, 6.45) is 3.10. The number of thiophene rings is 1. The number of nitrogens with zero attached hydrogens (tertiary/aromatic N) is 4. The van der Waals surface area contributed by atoms with Crippen molar-refractivity contribution in [3.8, 4) is 11.4 Å².